The van der Waals surface area contributed by atoms with Gasteiger partial charge in [0.15, 0.2) is 0 Å². The Hall–Kier alpha value is -1.88. The normalized spacial score (nSPS) is 18.7. The van der Waals surface area contributed by atoms with Crippen molar-refractivity contribution >= 4 is 17.5 Å². The number of carbonyl (C=O) groups excluding carboxylic acids is 2. The maximum absolute atomic E-state index is 12.4. The van der Waals surface area contributed by atoms with Crippen LogP contribution in [0.5, 0.6) is 0 Å². The minimum Gasteiger partial charge on any atom is -0.330 e. The summed E-state index contributed by atoms with van der Waals surface area (Å²) in [5.41, 5.74) is 6.27. The van der Waals surface area contributed by atoms with Crippen molar-refractivity contribution in [1.29, 1.82) is 0 Å². The van der Waals surface area contributed by atoms with Gasteiger partial charge in [-0.25, -0.2) is 0 Å². The maximum atomic E-state index is 12.4. The van der Waals surface area contributed by atoms with Crippen LogP contribution in [0.25, 0.3) is 0 Å². The highest BCUT2D eigenvalue weighted by Gasteiger charge is 2.37. The van der Waals surface area contributed by atoms with Crippen molar-refractivity contribution in [3.8, 4) is 0 Å². The number of amides is 2. The lowest BCUT2D eigenvalue weighted by Gasteiger charge is -2.26. The van der Waals surface area contributed by atoms with E-state index >= 15 is 0 Å². The number of benzene rings is 1. The molecule has 0 aliphatic carbocycles. The predicted molar refractivity (Wildman–Crippen MR) is 73.6 cm³/mol. The Bertz CT molecular complexity index is 461. The van der Waals surface area contributed by atoms with Crippen molar-refractivity contribution in [3.05, 3.63) is 30.3 Å². The zero-order chi connectivity index (χ0) is 13.8. The van der Waals surface area contributed by atoms with Crippen molar-refractivity contribution in [2.24, 2.45) is 5.73 Å². The molecule has 1 unspecified atom stereocenters. The molecule has 1 aliphatic rings. The van der Waals surface area contributed by atoms with Gasteiger partial charge in [-0.1, -0.05) is 18.2 Å². The van der Waals surface area contributed by atoms with Crippen LogP contribution in [0.2, 0.25) is 0 Å². The molecule has 2 N–H and O–H groups in total. The van der Waals surface area contributed by atoms with Crippen molar-refractivity contribution in [1.82, 2.24) is 4.90 Å². The lowest BCUT2D eigenvalue weighted by molar-refractivity contribution is -0.136. The minimum atomic E-state index is -0.374. The number of rotatable bonds is 4. The molecule has 1 aromatic rings. The van der Waals surface area contributed by atoms with Gasteiger partial charge in [-0.3, -0.25) is 9.59 Å². The second kappa shape index (κ2) is 5.84. The van der Waals surface area contributed by atoms with Crippen LogP contribution < -0.4 is 10.6 Å². The van der Waals surface area contributed by atoms with E-state index in [1.807, 2.05) is 37.3 Å². The fraction of sp³-hybridized carbons (Fsp3) is 0.429. The molecule has 1 aliphatic heterocycles. The predicted octanol–water partition coefficient (Wildman–Crippen LogP) is 0.599. The highest BCUT2D eigenvalue weighted by Crippen LogP contribution is 2.24. The second-order valence-corrected chi connectivity index (χ2v) is 4.51. The number of para-hydroxylation sites is 1. The number of nitrogens with two attached hydrogens (primary N) is 1. The van der Waals surface area contributed by atoms with Crippen LogP contribution in [0.3, 0.4) is 0 Å². The molecule has 0 radical (unpaired) electrons. The first-order chi connectivity index (χ1) is 9.19. The molecule has 1 saturated heterocycles. The Morgan fingerprint density at radius 1 is 1.42 bits per heavy atom. The number of nitrogens with zero attached hydrogens (tertiary/aromatic N) is 2. The Labute approximate surface area is 113 Å². The topological polar surface area (TPSA) is 66.6 Å². The third-order valence-corrected chi connectivity index (χ3v) is 3.46. The summed E-state index contributed by atoms with van der Waals surface area (Å²) in [5, 5.41) is 0. The summed E-state index contributed by atoms with van der Waals surface area (Å²) in [4.78, 5) is 27.5. The quantitative estimate of drug-likeness (QED) is 0.863. The Morgan fingerprint density at radius 2 is 2.11 bits per heavy atom. The maximum Gasteiger partial charge on any atom is 0.249 e. The summed E-state index contributed by atoms with van der Waals surface area (Å²) in [7, 11) is 0. The summed E-state index contributed by atoms with van der Waals surface area (Å²) in [6.45, 7) is 2.96. The number of hydrogen-bond donors (Lipinski definition) is 1. The summed E-state index contributed by atoms with van der Waals surface area (Å²) in [6.07, 6.45) is 0.660. The van der Waals surface area contributed by atoms with E-state index in [0.29, 0.717) is 19.5 Å². The Morgan fingerprint density at radius 3 is 2.68 bits per heavy atom. The summed E-state index contributed by atoms with van der Waals surface area (Å²) < 4.78 is 0. The van der Waals surface area contributed by atoms with Gasteiger partial charge in [-0.05, 0) is 25.5 Å². The second-order valence-electron chi connectivity index (χ2n) is 4.51. The third kappa shape index (κ3) is 2.61. The van der Waals surface area contributed by atoms with E-state index in [9.17, 15) is 9.59 Å². The van der Waals surface area contributed by atoms with E-state index in [4.69, 9.17) is 5.73 Å². The smallest absolute Gasteiger partial charge is 0.249 e. The van der Waals surface area contributed by atoms with Crippen LogP contribution in [0.1, 0.15) is 13.3 Å². The van der Waals surface area contributed by atoms with E-state index in [1.54, 1.807) is 9.80 Å². The summed E-state index contributed by atoms with van der Waals surface area (Å²) >= 11 is 0. The van der Waals surface area contributed by atoms with Crippen LogP contribution >= 0.6 is 0 Å². The Kier molecular flexibility index (Phi) is 4.16. The molecule has 2 rings (SSSR count). The molecule has 1 heterocycles. The van der Waals surface area contributed by atoms with Gasteiger partial charge in [-0.15, -0.1) is 0 Å². The third-order valence-electron chi connectivity index (χ3n) is 3.46. The molecular formula is C14H19N3O2. The molecule has 1 aromatic carbocycles. The SMILES string of the molecule is CCN(C(=O)CN)C1CCN(c2ccccc2)C1=O. The van der Waals surface area contributed by atoms with Crippen LogP contribution in [0.4, 0.5) is 5.69 Å². The lowest BCUT2D eigenvalue weighted by atomic mass is 10.2. The monoisotopic (exact) mass is 261 g/mol. The van der Waals surface area contributed by atoms with Crippen LogP contribution in [-0.4, -0.2) is 42.4 Å². The van der Waals surface area contributed by atoms with Gasteiger partial charge < -0.3 is 15.5 Å². The minimum absolute atomic E-state index is 0.0187. The molecule has 1 fully saturated rings. The van der Waals surface area contributed by atoms with E-state index in [-0.39, 0.29) is 24.4 Å². The number of hydrogen-bond acceptors (Lipinski definition) is 3. The van der Waals surface area contributed by atoms with E-state index in [0.717, 1.165) is 5.69 Å². The average Bonchev–Trinajstić information content (AvgIpc) is 2.82. The zero-order valence-corrected chi connectivity index (χ0v) is 11.1. The highest BCUT2D eigenvalue weighted by atomic mass is 16.2. The van der Waals surface area contributed by atoms with Gasteiger partial charge >= 0.3 is 0 Å². The first-order valence-electron chi connectivity index (χ1n) is 6.55. The molecule has 0 spiro atoms. The van der Waals surface area contributed by atoms with Gasteiger partial charge in [0.2, 0.25) is 11.8 Å². The van der Waals surface area contributed by atoms with Gasteiger partial charge in [0.1, 0.15) is 6.04 Å². The highest BCUT2D eigenvalue weighted by molar-refractivity contribution is 6.01. The summed E-state index contributed by atoms with van der Waals surface area (Å²) in [5.74, 6) is -0.189. The van der Waals surface area contributed by atoms with Gasteiger partial charge in [0.05, 0.1) is 6.54 Å². The lowest BCUT2D eigenvalue weighted by Crippen LogP contribution is -2.47. The molecule has 5 nitrogen and oxygen atoms in total. The first-order valence-corrected chi connectivity index (χ1v) is 6.55. The van der Waals surface area contributed by atoms with Crippen molar-refractivity contribution in [2.75, 3.05) is 24.5 Å². The van der Waals surface area contributed by atoms with E-state index in [2.05, 4.69) is 0 Å². The first kappa shape index (κ1) is 13.5. The molecule has 0 aromatic heterocycles. The van der Waals surface area contributed by atoms with Crippen molar-refractivity contribution < 1.29 is 9.59 Å². The molecule has 5 heteroatoms. The van der Waals surface area contributed by atoms with Crippen LogP contribution in [0, 0.1) is 0 Å². The van der Waals surface area contributed by atoms with Crippen LogP contribution in [0.15, 0.2) is 30.3 Å². The standard InChI is InChI=1S/C14H19N3O2/c1-2-16(13(18)10-15)12-8-9-17(14(12)19)11-6-4-3-5-7-11/h3-7,12H,2,8-10,15H2,1H3. The molecule has 0 bridgehead atoms. The average molecular weight is 261 g/mol. The van der Waals surface area contributed by atoms with Gasteiger partial charge in [0, 0.05) is 18.8 Å². The number of anilines is 1. The van der Waals surface area contributed by atoms with Gasteiger partial charge in [0.25, 0.3) is 0 Å². The van der Waals surface area contributed by atoms with E-state index in [1.165, 1.54) is 0 Å². The molecule has 102 valence electrons. The van der Waals surface area contributed by atoms with E-state index < -0.39 is 0 Å². The fourth-order valence-corrected chi connectivity index (χ4v) is 2.51. The molecule has 0 saturated carbocycles. The molecular weight excluding hydrogens is 242 g/mol. The van der Waals surface area contributed by atoms with Crippen molar-refractivity contribution in [3.63, 3.8) is 0 Å². The number of likely N-dealkylation sites (N-methyl/N-ethyl adjacent to an activating group) is 1. The largest absolute Gasteiger partial charge is 0.330 e. The molecule has 2 amide bonds. The fourth-order valence-electron chi connectivity index (χ4n) is 2.51. The number of carbonyl (C=O) groups is 2. The van der Waals surface area contributed by atoms with Crippen LogP contribution in [-0.2, 0) is 9.59 Å². The molecule has 1 atom stereocenters. The zero-order valence-electron chi connectivity index (χ0n) is 11.1. The molecule has 19 heavy (non-hydrogen) atoms. The Balaban J connectivity index is 2.15. The van der Waals surface area contributed by atoms with Gasteiger partial charge in [-0.2, -0.15) is 0 Å². The summed E-state index contributed by atoms with van der Waals surface area (Å²) in [6, 6.07) is 9.15. The van der Waals surface area contributed by atoms with Crippen molar-refractivity contribution in [2.45, 2.75) is 19.4 Å².